The van der Waals surface area contributed by atoms with Gasteiger partial charge in [-0.1, -0.05) is 30.3 Å². The number of guanidine groups is 1. The minimum absolute atomic E-state index is 0. The number of halogens is 1. The number of rotatable bonds is 6. The molecule has 1 atom stereocenters. The molecule has 0 aliphatic carbocycles. The molecule has 0 radical (unpaired) electrons. The quantitative estimate of drug-likeness (QED) is 0.395. The minimum atomic E-state index is 0. The Hall–Kier alpha value is -1.35. The maximum atomic E-state index is 11.7. The van der Waals surface area contributed by atoms with Gasteiger partial charge < -0.3 is 20.3 Å². The average molecular weight is 446 g/mol. The van der Waals surface area contributed by atoms with Crippen molar-refractivity contribution in [1.82, 2.24) is 15.5 Å². The van der Waals surface area contributed by atoms with E-state index in [-0.39, 0.29) is 36.4 Å². The number of hydrogen-bond donors (Lipinski definition) is 2. The summed E-state index contributed by atoms with van der Waals surface area (Å²) in [4.78, 5) is 17.9. The van der Waals surface area contributed by atoms with E-state index in [4.69, 9.17) is 4.74 Å². The second-order valence-corrected chi connectivity index (χ2v) is 5.90. The topological polar surface area (TPSA) is 66.0 Å². The van der Waals surface area contributed by atoms with Gasteiger partial charge in [0.15, 0.2) is 5.96 Å². The summed E-state index contributed by atoms with van der Waals surface area (Å²) in [5.41, 5.74) is 1.14. The molecule has 6 nitrogen and oxygen atoms in total. The van der Waals surface area contributed by atoms with E-state index in [1.54, 1.807) is 19.0 Å². The Labute approximate surface area is 161 Å². The lowest BCUT2D eigenvalue weighted by atomic mass is 10.1. The van der Waals surface area contributed by atoms with Crippen LogP contribution in [0.15, 0.2) is 35.3 Å². The summed E-state index contributed by atoms with van der Waals surface area (Å²) in [6.45, 7) is 3.23. The summed E-state index contributed by atoms with van der Waals surface area (Å²) in [6.07, 6.45) is 1.07. The van der Waals surface area contributed by atoms with E-state index >= 15 is 0 Å². The predicted octanol–water partition coefficient (Wildman–Crippen LogP) is 1.46. The fraction of sp³-hybridized carbons (Fsp3) is 0.529. The van der Waals surface area contributed by atoms with Gasteiger partial charge in [-0.05, 0) is 12.0 Å². The van der Waals surface area contributed by atoms with Crippen molar-refractivity contribution in [2.75, 3.05) is 40.4 Å². The van der Waals surface area contributed by atoms with Crippen molar-refractivity contribution < 1.29 is 9.53 Å². The fourth-order valence-corrected chi connectivity index (χ4v) is 2.23. The van der Waals surface area contributed by atoms with Crippen LogP contribution in [0.5, 0.6) is 0 Å². The first-order valence-corrected chi connectivity index (χ1v) is 7.99. The maximum Gasteiger partial charge on any atom is 0.241 e. The van der Waals surface area contributed by atoms with Gasteiger partial charge in [0, 0.05) is 33.2 Å². The molecular formula is C17H27IN4O2. The Kier molecular flexibility index (Phi) is 9.70. The van der Waals surface area contributed by atoms with Gasteiger partial charge >= 0.3 is 0 Å². The lowest BCUT2D eigenvalue weighted by Crippen LogP contribution is -2.44. The number of carbonyl (C=O) groups is 1. The van der Waals surface area contributed by atoms with Gasteiger partial charge in [-0.3, -0.25) is 4.79 Å². The van der Waals surface area contributed by atoms with Crippen molar-refractivity contribution in [3.63, 3.8) is 0 Å². The summed E-state index contributed by atoms with van der Waals surface area (Å²) in [5.74, 6) is 1.18. The smallest absolute Gasteiger partial charge is 0.241 e. The van der Waals surface area contributed by atoms with Crippen LogP contribution in [0.1, 0.15) is 12.0 Å². The van der Waals surface area contributed by atoms with Crippen LogP contribution in [0.4, 0.5) is 0 Å². The highest BCUT2D eigenvalue weighted by atomic mass is 127. The fourth-order valence-electron chi connectivity index (χ4n) is 2.23. The number of nitrogens with one attached hydrogen (secondary N) is 2. The van der Waals surface area contributed by atoms with Gasteiger partial charge in [-0.25, -0.2) is 4.99 Å². The zero-order valence-electron chi connectivity index (χ0n) is 14.3. The van der Waals surface area contributed by atoms with Gasteiger partial charge in [0.05, 0.1) is 19.7 Å². The molecule has 1 aliphatic heterocycles. The summed E-state index contributed by atoms with van der Waals surface area (Å²) in [7, 11) is 3.49. The Balaban J connectivity index is 0.00000288. The van der Waals surface area contributed by atoms with Crippen molar-refractivity contribution in [2.45, 2.75) is 13.0 Å². The first-order chi connectivity index (χ1) is 11.1. The first kappa shape index (κ1) is 20.7. The number of benzene rings is 1. The lowest BCUT2D eigenvalue weighted by molar-refractivity contribution is -0.127. The molecule has 7 heteroatoms. The Morgan fingerprint density at radius 2 is 2.04 bits per heavy atom. The molecule has 1 aromatic rings. The van der Waals surface area contributed by atoms with Crippen molar-refractivity contribution >= 4 is 35.8 Å². The Morgan fingerprint density at radius 1 is 1.29 bits per heavy atom. The second kappa shape index (κ2) is 11.2. The molecule has 1 fully saturated rings. The molecule has 2 N–H and O–H groups in total. The standard InChI is InChI=1S/C17H26N4O2.HI/c1-21(2)16(22)12-20-17(19-11-15-8-9-23-13-15)18-10-14-6-4-3-5-7-14;/h3-7,15H,8-13H2,1-2H3,(H2,18,19,20);1H. The summed E-state index contributed by atoms with van der Waals surface area (Å²) < 4.78 is 5.39. The van der Waals surface area contributed by atoms with Crippen LogP contribution in [0, 0.1) is 5.92 Å². The molecule has 0 bridgehead atoms. The number of nitrogens with zero attached hydrogens (tertiary/aromatic N) is 2. The zero-order valence-corrected chi connectivity index (χ0v) is 16.7. The third-order valence-corrected chi connectivity index (χ3v) is 3.75. The maximum absolute atomic E-state index is 11.7. The van der Waals surface area contributed by atoms with Crippen molar-refractivity contribution in [3.8, 4) is 0 Å². The van der Waals surface area contributed by atoms with Gasteiger partial charge in [-0.2, -0.15) is 0 Å². The van der Waals surface area contributed by atoms with Gasteiger partial charge in [0.1, 0.15) is 0 Å². The Bertz CT molecular complexity index is 517. The van der Waals surface area contributed by atoms with Gasteiger partial charge in [0.25, 0.3) is 0 Å². The Morgan fingerprint density at radius 3 is 2.67 bits per heavy atom. The number of amides is 1. The molecule has 1 saturated heterocycles. The molecule has 0 spiro atoms. The van der Waals surface area contributed by atoms with Crippen LogP contribution in [-0.4, -0.2) is 57.2 Å². The van der Waals surface area contributed by atoms with E-state index in [0.29, 0.717) is 18.4 Å². The van der Waals surface area contributed by atoms with Crippen LogP contribution in [0.2, 0.25) is 0 Å². The third kappa shape index (κ3) is 7.48. The van der Waals surface area contributed by atoms with Crippen molar-refractivity contribution in [3.05, 3.63) is 35.9 Å². The van der Waals surface area contributed by atoms with E-state index < -0.39 is 0 Å². The number of aliphatic imine (C=N–C) groups is 1. The monoisotopic (exact) mass is 446 g/mol. The molecule has 24 heavy (non-hydrogen) atoms. The summed E-state index contributed by atoms with van der Waals surface area (Å²) in [5, 5.41) is 6.42. The minimum Gasteiger partial charge on any atom is -0.381 e. The summed E-state index contributed by atoms with van der Waals surface area (Å²) in [6, 6.07) is 10.1. The second-order valence-electron chi connectivity index (χ2n) is 5.90. The SMILES string of the molecule is CN(C)C(=O)CNC(=NCc1ccccc1)NCC1CCOC1.I. The average Bonchev–Trinajstić information content (AvgIpc) is 3.08. The molecule has 1 heterocycles. The highest BCUT2D eigenvalue weighted by Crippen LogP contribution is 2.10. The van der Waals surface area contributed by atoms with Crippen LogP contribution < -0.4 is 10.6 Å². The van der Waals surface area contributed by atoms with E-state index in [9.17, 15) is 4.79 Å². The van der Waals surface area contributed by atoms with Gasteiger partial charge in [0.2, 0.25) is 5.91 Å². The highest BCUT2D eigenvalue weighted by Gasteiger charge is 2.16. The molecule has 1 unspecified atom stereocenters. The van der Waals surface area contributed by atoms with Gasteiger partial charge in [-0.15, -0.1) is 24.0 Å². The predicted molar refractivity (Wildman–Crippen MR) is 107 cm³/mol. The van der Waals surface area contributed by atoms with Crippen molar-refractivity contribution in [2.24, 2.45) is 10.9 Å². The van der Waals surface area contributed by atoms with Crippen LogP contribution in [-0.2, 0) is 16.1 Å². The highest BCUT2D eigenvalue weighted by molar-refractivity contribution is 14.0. The number of likely N-dealkylation sites (N-methyl/N-ethyl adjacent to an activating group) is 1. The third-order valence-electron chi connectivity index (χ3n) is 3.75. The van der Waals surface area contributed by atoms with E-state index in [1.807, 2.05) is 30.3 Å². The zero-order chi connectivity index (χ0) is 16.5. The first-order valence-electron chi connectivity index (χ1n) is 7.99. The lowest BCUT2D eigenvalue weighted by Gasteiger charge is -2.16. The molecule has 1 amide bonds. The number of hydrogen-bond acceptors (Lipinski definition) is 3. The molecule has 0 aromatic heterocycles. The molecule has 134 valence electrons. The largest absolute Gasteiger partial charge is 0.381 e. The number of carbonyl (C=O) groups excluding carboxylic acids is 1. The van der Waals surface area contributed by atoms with Crippen LogP contribution in [0.3, 0.4) is 0 Å². The summed E-state index contributed by atoms with van der Waals surface area (Å²) >= 11 is 0. The number of ether oxygens (including phenoxy) is 1. The normalized spacial score (nSPS) is 17.1. The molecule has 2 rings (SSSR count). The molecule has 1 aromatic carbocycles. The molecule has 1 aliphatic rings. The van der Waals surface area contributed by atoms with E-state index in [0.717, 1.165) is 31.7 Å². The van der Waals surface area contributed by atoms with Crippen molar-refractivity contribution in [1.29, 1.82) is 0 Å². The van der Waals surface area contributed by atoms with E-state index in [2.05, 4.69) is 15.6 Å². The van der Waals surface area contributed by atoms with Crippen LogP contribution in [0.25, 0.3) is 0 Å². The van der Waals surface area contributed by atoms with E-state index in [1.165, 1.54) is 0 Å². The molecule has 0 saturated carbocycles. The van der Waals surface area contributed by atoms with Crippen LogP contribution >= 0.6 is 24.0 Å². The molecular weight excluding hydrogens is 419 g/mol.